The maximum absolute atomic E-state index is 11.7. The molecule has 0 spiro atoms. The first kappa shape index (κ1) is 16.0. The first-order valence-electron chi connectivity index (χ1n) is 7.00. The molecule has 22 heavy (non-hydrogen) atoms. The molecule has 5 heteroatoms. The molecular weight excluding hydrogens is 284 g/mol. The number of carbonyl (C=O) groups is 1. The van der Waals surface area contributed by atoms with Crippen molar-refractivity contribution in [2.24, 2.45) is 0 Å². The number of aliphatic hydroxyl groups excluding tert-OH is 2. The summed E-state index contributed by atoms with van der Waals surface area (Å²) in [4.78, 5) is 11.7. The van der Waals surface area contributed by atoms with Crippen molar-refractivity contribution in [3.05, 3.63) is 59.7 Å². The zero-order chi connectivity index (χ0) is 15.8. The monoisotopic (exact) mass is 302 g/mol. The number of carbonyl (C=O) groups excluding carboxylic acids is 1. The Hall–Kier alpha value is -2.37. The van der Waals surface area contributed by atoms with Crippen molar-refractivity contribution in [3.63, 3.8) is 0 Å². The minimum Gasteiger partial charge on any atom is -0.396 e. The van der Waals surface area contributed by atoms with E-state index in [1.54, 1.807) is 48.5 Å². The van der Waals surface area contributed by atoms with Crippen LogP contribution in [0.2, 0.25) is 0 Å². The molecule has 0 aliphatic heterocycles. The molecule has 2 aromatic rings. The fourth-order valence-electron chi connectivity index (χ4n) is 1.92. The van der Waals surface area contributed by atoms with Crippen LogP contribution in [-0.2, 0) is 12.8 Å². The van der Waals surface area contributed by atoms with Crippen molar-refractivity contribution < 1.29 is 24.5 Å². The summed E-state index contributed by atoms with van der Waals surface area (Å²) in [5.41, 5.74) is 1.92. The lowest BCUT2D eigenvalue weighted by Gasteiger charge is -2.07. The predicted octanol–water partition coefficient (Wildman–Crippen LogP) is 2.33. The van der Waals surface area contributed by atoms with Crippen molar-refractivity contribution in [1.82, 2.24) is 0 Å². The summed E-state index contributed by atoms with van der Waals surface area (Å²) in [5.74, 6) is 0.757. The van der Waals surface area contributed by atoms with Gasteiger partial charge in [0.05, 0.1) is 0 Å². The quantitative estimate of drug-likeness (QED) is 0.632. The molecule has 0 heterocycles. The molecule has 0 bridgehead atoms. The van der Waals surface area contributed by atoms with Crippen LogP contribution in [0.4, 0.5) is 4.79 Å². The molecule has 2 rings (SSSR count). The SMILES string of the molecule is O=C(Oc1ccc(CCO)cc1)Oc1ccc(CCO)cc1. The standard InChI is InChI=1S/C17H18O5/c18-11-9-13-1-5-15(6-2-13)21-17(20)22-16-7-3-14(4-8-16)10-12-19/h1-8,18-19H,9-12H2. The first-order valence-corrected chi connectivity index (χ1v) is 7.00. The Kier molecular flexibility index (Phi) is 5.94. The number of benzene rings is 2. The maximum Gasteiger partial charge on any atom is 0.519 e. The van der Waals surface area contributed by atoms with Gasteiger partial charge in [0, 0.05) is 13.2 Å². The van der Waals surface area contributed by atoms with E-state index in [-0.39, 0.29) is 13.2 Å². The molecule has 0 saturated heterocycles. The minimum atomic E-state index is -0.815. The van der Waals surface area contributed by atoms with Crippen LogP contribution >= 0.6 is 0 Å². The van der Waals surface area contributed by atoms with Crippen molar-refractivity contribution in [1.29, 1.82) is 0 Å². The average molecular weight is 302 g/mol. The van der Waals surface area contributed by atoms with Crippen LogP contribution in [0.25, 0.3) is 0 Å². The van der Waals surface area contributed by atoms with E-state index >= 15 is 0 Å². The van der Waals surface area contributed by atoms with Gasteiger partial charge in [0.1, 0.15) is 11.5 Å². The lowest BCUT2D eigenvalue weighted by atomic mass is 10.1. The third kappa shape index (κ3) is 4.87. The van der Waals surface area contributed by atoms with E-state index in [4.69, 9.17) is 19.7 Å². The van der Waals surface area contributed by atoms with Gasteiger partial charge in [0.15, 0.2) is 0 Å². The first-order chi connectivity index (χ1) is 10.7. The fourth-order valence-corrected chi connectivity index (χ4v) is 1.92. The Morgan fingerprint density at radius 1 is 0.727 bits per heavy atom. The number of ether oxygens (including phenoxy) is 2. The van der Waals surface area contributed by atoms with Gasteiger partial charge in [-0.2, -0.15) is 0 Å². The van der Waals surface area contributed by atoms with Gasteiger partial charge < -0.3 is 19.7 Å². The van der Waals surface area contributed by atoms with Gasteiger partial charge in [0.2, 0.25) is 0 Å². The summed E-state index contributed by atoms with van der Waals surface area (Å²) >= 11 is 0. The van der Waals surface area contributed by atoms with Crippen molar-refractivity contribution in [2.75, 3.05) is 13.2 Å². The Bertz CT molecular complexity index is 536. The lowest BCUT2D eigenvalue weighted by Crippen LogP contribution is -2.13. The molecule has 0 aliphatic carbocycles. The van der Waals surface area contributed by atoms with Crippen LogP contribution in [0, 0.1) is 0 Å². The molecule has 0 aliphatic rings. The maximum atomic E-state index is 11.7. The summed E-state index contributed by atoms with van der Waals surface area (Å²) in [6, 6.07) is 13.7. The summed E-state index contributed by atoms with van der Waals surface area (Å²) in [7, 11) is 0. The highest BCUT2D eigenvalue weighted by molar-refractivity contribution is 5.67. The molecule has 0 fully saturated rings. The summed E-state index contributed by atoms with van der Waals surface area (Å²) in [6.07, 6.45) is 0.306. The highest BCUT2D eigenvalue weighted by Gasteiger charge is 2.08. The Labute approximate surface area is 128 Å². The second-order valence-corrected chi connectivity index (χ2v) is 4.69. The molecule has 2 N–H and O–H groups in total. The summed E-state index contributed by atoms with van der Waals surface area (Å²) in [5, 5.41) is 17.7. The van der Waals surface area contributed by atoms with E-state index in [9.17, 15) is 4.79 Å². The van der Waals surface area contributed by atoms with Gasteiger partial charge in [-0.3, -0.25) is 0 Å². The van der Waals surface area contributed by atoms with Crippen LogP contribution < -0.4 is 9.47 Å². The molecular formula is C17H18O5. The second-order valence-electron chi connectivity index (χ2n) is 4.69. The van der Waals surface area contributed by atoms with E-state index in [1.165, 1.54) is 0 Å². The highest BCUT2D eigenvalue weighted by atomic mass is 16.7. The fraction of sp³-hybridized carbons (Fsp3) is 0.235. The summed E-state index contributed by atoms with van der Waals surface area (Å²) < 4.78 is 10.1. The van der Waals surface area contributed by atoms with Gasteiger partial charge in [-0.15, -0.1) is 0 Å². The normalized spacial score (nSPS) is 10.3. The molecule has 0 radical (unpaired) electrons. The molecule has 0 aromatic heterocycles. The van der Waals surface area contributed by atoms with Gasteiger partial charge in [-0.1, -0.05) is 24.3 Å². The zero-order valence-corrected chi connectivity index (χ0v) is 12.1. The average Bonchev–Trinajstić information content (AvgIpc) is 2.52. The van der Waals surface area contributed by atoms with Crippen LogP contribution in [-0.4, -0.2) is 29.6 Å². The van der Waals surface area contributed by atoms with Crippen LogP contribution in [0.5, 0.6) is 11.5 Å². The van der Waals surface area contributed by atoms with Crippen molar-refractivity contribution in [2.45, 2.75) is 12.8 Å². The van der Waals surface area contributed by atoms with E-state index < -0.39 is 6.16 Å². The van der Waals surface area contributed by atoms with Crippen LogP contribution in [0.1, 0.15) is 11.1 Å². The van der Waals surface area contributed by atoms with Crippen LogP contribution in [0.3, 0.4) is 0 Å². The van der Waals surface area contributed by atoms with Gasteiger partial charge in [-0.25, -0.2) is 4.79 Å². The van der Waals surface area contributed by atoms with E-state index in [0.29, 0.717) is 24.3 Å². The van der Waals surface area contributed by atoms with E-state index in [2.05, 4.69) is 0 Å². The highest BCUT2D eigenvalue weighted by Crippen LogP contribution is 2.16. The Morgan fingerprint density at radius 3 is 1.41 bits per heavy atom. The van der Waals surface area contributed by atoms with Gasteiger partial charge in [-0.05, 0) is 48.2 Å². The molecule has 2 aromatic carbocycles. The molecule has 116 valence electrons. The number of rotatable bonds is 6. The van der Waals surface area contributed by atoms with E-state index in [0.717, 1.165) is 11.1 Å². The third-order valence-electron chi connectivity index (χ3n) is 3.05. The molecule has 5 nitrogen and oxygen atoms in total. The Balaban J connectivity index is 1.89. The molecule has 0 atom stereocenters. The van der Waals surface area contributed by atoms with Gasteiger partial charge >= 0.3 is 6.16 Å². The number of hydrogen-bond donors (Lipinski definition) is 2. The second kappa shape index (κ2) is 8.17. The zero-order valence-electron chi connectivity index (χ0n) is 12.1. The summed E-state index contributed by atoms with van der Waals surface area (Å²) in [6.45, 7) is 0.156. The number of aliphatic hydroxyl groups is 2. The topological polar surface area (TPSA) is 76.0 Å². The predicted molar refractivity (Wildman–Crippen MR) is 81.1 cm³/mol. The lowest BCUT2D eigenvalue weighted by molar-refractivity contribution is 0.152. The van der Waals surface area contributed by atoms with Gasteiger partial charge in [0.25, 0.3) is 0 Å². The molecule has 0 saturated carbocycles. The van der Waals surface area contributed by atoms with E-state index in [1.807, 2.05) is 0 Å². The van der Waals surface area contributed by atoms with Crippen LogP contribution in [0.15, 0.2) is 48.5 Å². The third-order valence-corrected chi connectivity index (χ3v) is 3.05. The van der Waals surface area contributed by atoms with Crippen molar-refractivity contribution in [3.8, 4) is 11.5 Å². The largest absolute Gasteiger partial charge is 0.519 e. The smallest absolute Gasteiger partial charge is 0.396 e. The Morgan fingerprint density at radius 2 is 1.09 bits per heavy atom. The minimum absolute atomic E-state index is 0.0779. The molecule has 0 amide bonds. The molecule has 0 unspecified atom stereocenters. The van der Waals surface area contributed by atoms with Crippen molar-refractivity contribution >= 4 is 6.16 Å². The number of hydrogen-bond acceptors (Lipinski definition) is 5.